The third-order valence-electron chi connectivity index (χ3n) is 2.53. The van der Waals surface area contributed by atoms with Gasteiger partial charge in [-0.25, -0.2) is 0 Å². The fraction of sp³-hybridized carbons (Fsp3) is 0.100. The number of rotatable bonds is 3. The minimum absolute atomic E-state index is 0.0505. The van der Waals surface area contributed by atoms with Gasteiger partial charge in [0, 0.05) is 6.07 Å². The molecule has 1 N–H and O–H groups in total. The van der Waals surface area contributed by atoms with Crippen molar-refractivity contribution in [3.8, 4) is 0 Å². The maximum Gasteiger partial charge on any atom is 0.323 e. The summed E-state index contributed by atoms with van der Waals surface area (Å²) in [6, 6.07) is 2.11. The molecule has 1 aromatic carbocycles. The van der Waals surface area contributed by atoms with E-state index >= 15 is 0 Å². The minimum atomic E-state index is -1.34. The standard InChI is InChI=1S/C10H5BrN2O6/c11-6-1-4-5(2-7(6)13(18)19)10(17)12(9(4)16)3-8(14)15/h1-2H,3H2,(H,14,15). The van der Waals surface area contributed by atoms with Gasteiger partial charge in [0.15, 0.2) is 0 Å². The van der Waals surface area contributed by atoms with Crippen LogP contribution in [0.3, 0.4) is 0 Å². The van der Waals surface area contributed by atoms with Gasteiger partial charge in [0.1, 0.15) is 6.54 Å². The number of fused-ring (bicyclic) bond motifs is 1. The second kappa shape index (κ2) is 4.43. The molecular formula is C10H5BrN2O6. The number of nitro benzene ring substituents is 1. The third kappa shape index (κ3) is 2.08. The van der Waals surface area contributed by atoms with Gasteiger partial charge in [0.05, 0.1) is 20.5 Å². The number of hydrogen-bond acceptors (Lipinski definition) is 5. The van der Waals surface area contributed by atoms with E-state index in [1.165, 1.54) is 0 Å². The number of hydrogen-bond donors (Lipinski definition) is 1. The SMILES string of the molecule is O=C(O)CN1C(=O)c2cc(Br)c([N+](=O)[O-])cc2C1=O. The zero-order chi connectivity index (χ0) is 14.3. The summed E-state index contributed by atoms with van der Waals surface area (Å²) < 4.78 is 0.0505. The topological polar surface area (TPSA) is 118 Å². The lowest BCUT2D eigenvalue weighted by molar-refractivity contribution is -0.385. The highest BCUT2D eigenvalue weighted by molar-refractivity contribution is 9.10. The van der Waals surface area contributed by atoms with Crippen LogP contribution in [0.15, 0.2) is 16.6 Å². The number of nitro groups is 1. The third-order valence-corrected chi connectivity index (χ3v) is 3.16. The molecule has 0 spiro atoms. The Labute approximate surface area is 113 Å². The summed E-state index contributed by atoms with van der Waals surface area (Å²) in [7, 11) is 0. The number of amides is 2. The van der Waals surface area contributed by atoms with Gasteiger partial charge in [-0.2, -0.15) is 0 Å². The van der Waals surface area contributed by atoms with Crippen LogP contribution in [-0.4, -0.2) is 39.3 Å². The summed E-state index contributed by atoms with van der Waals surface area (Å²) in [5.74, 6) is -2.97. The largest absolute Gasteiger partial charge is 0.480 e. The molecule has 0 fully saturated rings. The van der Waals surface area contributed by atoms with Crippen molar-refractivity contribution >= 4 is 39.4 Å². The lowest BCUT2D eigenvalue weighted by Gasteiger charge is -2.09. The summed E-state index contributed by atoms with van der Waals surface area (Å²) in [5, 5.41) is 19.4. The van der Waals surface area contributed by atoms with E-state index in [0.29, 0.717) is 4.90 Å². The molecule has 2 amide bonds. The minimum Gasteiger partial charge on any atom is -0.480 e. The Bertz CT molecular complexity index is 641. The first kappa shape index (κ1) is 13.1. The first-order chi connectivity index (χ1) is 8.82. The molecule has 1 aliphatic heterocycles. The zero-order valence-corrected chi connectivity index (χ0v) is 10.7. The molecule has 1 aromatic rings. The van der Waals surface area contributed by atoms with E-state index in [9.17, 15) is 24.5 Å². The molecule has 0 aliphatic carbocycles. The summed E-state index contributed by atoms with van der Waals surface area (Å²) in [6.07, 6.45) is 0. The average Bonchev–Trinajstić information content (AvgIpc) is 2.52. The molecule has 0 saturated carbocycles. The van der Waals surface area contributed by atoms with E-state index in [2.05, 4.69) is 15.9 Å². The summed E-state index contributed by atoms with van der Waals surface area (Å²) in [4.78, 5) is 44.8. The molecular weight excluding hydrogens is 324 g/mol. The Kier molecular flexibility index (Phi) is 3.06. The Morgan fingerprint density at radius 3 is 2.32 bits per heavy atom. The number of carbonyl (C=O) groups excluding carboxylic acids is 2. The monoisotopic (exact) mass is 328 g/mol. The van der Waals surface area contributed by atoms with Crippen molar-refractivity contribution in [2.24, 2.45) is 0 Å². The van der Waals surface area contributed by atoms with Crippen LogP contribution in [0.2, 0.25) is 0 Å². The lowest BCUT2D eigenvalue weighted by atomic mass is 10.1. The van der Waals surface area contributed by atoms with Crippen LogP contribution in [0.25, 0.3) is 0 Å². The van der Waals surface area contributed by atoms with E-state index in [-0.39, 0.29) is 21.3 Å². The highest BCUT2D eigenvalue weighted by Gasteiger charge is 2.38. The molecule has 0 saturated heterocycles. The van der Waals surface area contributed by atoms with Crippen LogP contribution < -0.4 is 0 Å². The predicted molar refractivity (Wildman–Crippen MR) is 63.8 cm³/mol. The molecule has 0 unspecified atom stereocenters. The molecule has 2 rings (SSSR count). The molecule has 8 nitrogen and oxygen atoms in total. The molecule has 98 valence electrons. The van der Waals surface area contributed by atoms with E-state index in [4.69, 9.17) is 5.11 Å². The zero-order valence-electron chi connectivity index (χ0n) is 9.12. The molecule has 0 atom stereocenters. The van der Waals surface area contributed by atoms with Crippen LogP contribution in [0.5, 0.6) is 0 Å². The molecule has 0 radical (unpaired) electrons. The quantitative estimate of drug-likeness (QED) is 0.503. The fourth-order valence-electron chi connectivity index (χ4n) is 1.72. The fourth-order valence-corrected chi connectivity index (χ4v) is 2.21. The number of halogens is 1. The van der Waals surface area contributed by atoms with Crippen molar-refractivity contribution < 1.29 is 24.4 Å². The number of carboxylic acid groups (broad SMARTS) is 1. The second-order valence-electron chi connectivity index (χ2n) is 3.70. The molecule has 0 aromatic heterocycles. The van der Waals surface area contributed by atoms with Gasteiger partial charge >= 0.3 is 5.97 Å². The predicted octanol–water partition coefficient (Wildman–Crippen LogP) is 1.04. The van der Waals surface area contributed by atoms with Gasteiger partial charge in [-0.1, -0.05) is 0 Å². The maximum atomic E-state index is 11.8. The summed E-state index contributed by atoms with van der Waals surface area (Å²) >= 11 is 2.93. The van der Waals surface area contributed by atoms with E-state index in [0.717, 1.165) is 12.1 Å². The van der Waals surface area contributed by atoms with Crippen molar-refractivity contribution in [2.75, 3.05) is 6.54 Å². The van der Waals surface area contributed by atoms with Crippen LogP contribution in [0.4, 0.5) is 5.69 Å². The molecule has 1 aliphatic rings. The number of carbonyl (C=O) groups is 3. The lowest BCUT2D eigenvalue weighted by Crippen LogP contribution is -2.34. The Balaban J connectivity index is 2.54. The van der Waals surface area contributed by atoms with Gasteiger partial charge in [0.2, 0.25) is 0 Å². The Hall–Kier alpha value is -2.29. The van der Waals surface area contributed by atoms with Crippen molar-refractivity contribution in [1.82, 2.24) is 4.90 Å². The number of carboxylic acids is 1. The summed E-state index contributed by atoms with van der Waals surface area (Å²) in [6.45, 7) is -0.780. The molecule has 1 heterocycles. The average molecular weight is 329 g/mol. The van der Waals surface area contributed by atoms with E-state index in [1.807, 2.05) is 0 Å². The van der Waals surface area contributed by atoms with E-state index in [1.54, 1.807) is 0 Å². The molecule has 19 heavy (non-hydrogen) atoms. The highest BCUT2D eigenvalue weighted by Crippen LogP contribution is 2.33. The van der Waals surface area contributed by atoms with E-state index < -0.39 is 29.3 Å². The van der Waals surface area contributed by atoms with Crippen molar-refractivity contribution in [3.05, 3.63) is 37.8 Å². The normalized spacial score (nSPS) is 13.6. The van der Waals surface area contributed by atoms with Crippen LogP contribution in [0.1, 0.15) is 20.7 Å². The molecule has 9 heteroatoms. The molecule has 0 bridgehead atoms. The van der Waals surface area contributed by atoms with Gasteiger partial charge in [-0.15, -0.1) is 0 Å². The Morgan fingerprint density at radius 2 is 1.84 bits per heavy atom. The number of nitrogens with zero attached hydrogens (tertiary/aromatic N) is 2. The number of benzene rings is 1. The number of aliphatic carboxylic acids is 1. The van der Waals surface area contributed by atoms with Gasteiger partial charge in [0.25, 0.3) is 17.5 Å². The first-order valence-electron chi connectivity index (χ1n) is 4.89. The van der Waals surface area contributed by atoms with Crippen LogP contribution in [-0.2, 0) is 4.79 Å². The Morgan fingerprint density at radius 1 is 1.32 bits per heavy atom. The van der Waals surface area contributed by atoms with Crippen molar-refractivity contribution in [3.63, 3.8) is 0 Å². The van der Waals surface area contributed by atoms with Gasteiger partial charge in [-0.05, 0) is 22.0 Å². The smallest absolute Gasteiger partial charge is 0.323 e. The first-order valence-corrected chi connectivity index (χ1v) is 5.68. The van der Waals surface area contributed by atoms with Gasteiger partial charge in [-0.3, -0.25) is 29.4 Å². The van der Waals surface area contributed by atoms with Crippen molar-refractivity contribution in [1.29, 1.82) is 0 Å². The highest BCUT2D eigenvalue weighted by atomic mass is 79.9. The van der Waals surface area contributed by atoms with Gasteiger partial charge < -0.3 is 5.11 Å². The summed E-state index contributed by atoms with van der Waals surface area (Å²) in [5.41, 5.74) is -0.582. The maximum absolute atomic E-state index is 11.8. The second-order valence-corrected chi connectivity index (χ2v) is 4.55. The number of imide groups is 1. The van der Waals surface area contributed by atoms with Crippen LogP contribution in [0, 0.1) is 10.1 Å². The van der Waals surface area contributed by atoms with Crippen LogP contribution >= 0.6 is 15.9 Å². The van der Waals surface area contributed by atoms with Crippen molar-refractivity contribution in [2.45, 2.75) is 0 Å².